The Bertz CT molecular complexity index is 866. The zero-order chi connectivity index (χ0) is 17.9. The topological polar surface area (TPSA) is 66.5 Å². The van der Waals surface area contributed by atoms with Crippen LogP contribution in [0.5, 0.6) is 0 Å². The number of para-hydroxylation sites is 1. The molecule has 128 valence electrons. The van der Waals surface area contributed by atoms with E-state index in [1.807, 2.05) is 19.9 Å². The van der Waals surface area contributed by atoms with Gasteiger partial charge in [-0.1, -0.05) is 24.3 Å². The lowest BCUT2D eigenvalue weighted by molar-refractivity contribution is -0.114. The molecule has 0 aliphatic heterocycles. The van der Waals surface area contributed by atoms with E-state index in [2.05, 4.69) is 5.32 Å². The molecule has 5 nitrogen and oxygen atoms in total. The highest BCUT2D eigenvalue weighted by molar-refractivity contribution is 7.92. The second kappa shape index (κ2) is 7.00. The zero-order valence-electron chi connectivity index (χ0n) is 13.7. The summed E-state index contributed by atoms with van der Waals surface area (Å²) in [6, 6.07) is 10.9. The lowest BCUT2D eigenvalue weighted by Gasteiger charge is -2.22. The minimum absolute atomic E-state index is 0.156. The summed E-state index contributed by atoms with van der Waals surface area (Å²) in [5.74, 6) is -1.25. The Labute approximate surface area is 141 Å². The summed E-state index contributed by atoms with van der Waals surface area (Å²) in [4.78, 5) is 12.3. The molecule has 0 aliphatic rings. The summed E-state index contributed by atoms with van der Waals surface area (Å²) in [6.07, 6.45) is 0.935. The second-order valence-corrected chi connectivity index (χ2v) is 7.42. The van der Waals surface area contributed by atoms with E-state index in [0.29, 0.717) is 5.69 Å². The number of amides is 1. The first-order chi connectivity index (χ1) is 11.2. The molecule has 0 saturated carbocycles. The molecule has 0 radical (unpaired) electrons. The van der Waals surface area contributed by atoms with Gasteiger partial charge in [0.1, 0.15) is 12.4 Å². The Morgan fingerprint density at radius 2 is 1.79 bits per heavy atom. The maximum Gasteiger partial charge on any atom is 0.245 e. The van der Waals surface area contributed by atoms with Gasteiger partial charge in [0.2, 0.25) is 15.9 Å². The van der Waals surface area contributed by atoms with E-state index < -0.39 is 28.3 Å². The van der Waals surface area contributed by atoms with E-state index in [-0.39, 0.29) is 5.69 Å². The minimum Gasteiger partial charge on any atom is -0.324 e. The number of anilines is 2. The molecule has 1 amide bonds. The van der Waals surface area contributed by atoms with Crippen molar-refractivity contribution < 1.29 is 17.6 Å². The number of benzene rings is 2. The predicted molar refractivity (Wildman–Crippen MR) is 93.1 cm³/mol. The number of carbonyl (C=O) groups is 1. The van der Waals surface area contributed by atoms with Gasteiger partial charge in [0.15, 0.2) is 0 Å². The van der Waals surface area contributed by atoms with Gasteiger partial charge in [-0.3, -0.25) is 9.10 Å². The van der Waals surface area contributed by atoms with Crippen LogP contribution in [0, 0.1) is 19.7 Å². The van der Waals surface area contributed by atoms with Crippen molar-refractivity contribution in [2.75, 3.05) is 22.4 Å². The molecule has 2 rings (SSSR count). The van der Waals surface area contributed by atoms with Gasteiger partial charge in [-0.2, -0.15) is 0 Å². The van der Waals surface area contributed by atoms with Crippen LogP contribution >= 0.6 is 0 Å². The number of hydrogen-bond donors (Lipinski definition) is 1. The highest BCUT2D eigenvalue weighted by Crippen LogP contribution is 2.22. The standard InChI is InChI=1S/C17H19FN2O3S/c1-12-7-6-9-15(13(12)2)19-17(21)11-20(24(3,22)23)16-10-5-4-8-14(16)18/h4-10H,11H2,1-3H3,(H,19,21). The molecule has 0 spiro atoms. The fourth-order valence-electron chi connectivity index (χ4n) is 2.24. The molecule has 0 aromatic heterocycles. The Hall–Kier alpha value is -2.41. The van der Waals surface area contributed by atoms with Crippen molar-refractivity contribution in [1.29, 1.82) is 0 Å². The van der Waals surface area contributed by atoms with E-state index >= 15 is 0 Å². The molecular weight excluding hydrogens is 331 g/mol. The van der Waals surface area contributed by atoms with Crippen molar-refractivity contribution >= 4 is 27.3 Å². The Morgan fingerprint density at radius 3 is 2.42 bits per heavy atom. The number of nitrogens with zero attached hydrogens (tertiary/aromatic N) is 1. The van der Waals surface area contributed by atoms with Crippen molar-refractivity contribution in [2.24, 2.45) is 0 Å². The molecule has 0 unspecified atom stereocenters. The number of rotatable bonds is 5. The quantitative estimate of drug-likeness (QED) is 0.902. The van der Waals surface area contributed by atoms with Crippen LogP contribution in [-0.2, 0) is 14.8 Å². The van der Waals surface area contributed by atoms with E-state index in [4.69, 9.17) is 0 Å². The number of sulfonamides is 1. The summed E-state index contributed by atoms with van der Waals surface area (Å²) in [5.41, 5.74) is 2.34. The lowest BCUT2D eigenvalue weighted by atomic mass is 10.1. The molecule has 2 aromatic carbocycles. The Kier molecular flexibility index (Phi) is 5.23. The molecule has 0 aliphatic carbocycles. The van der Waals surface area contributed by atoms with Crippen LogP contribution < -0.4 is 9.62 Å². The summed E-state index contributed by atoms with van der Waals surface area (Å²) in [7, 11) is -3.81. The lowest BCUT2D eigenvalue weighted by Crippen LogP contribution is -2.38. The third-order valence-electron chi connectivity index (χ3n) is 3.69. The van der Waals surface area contributed by atoms with Crippen LogP contribution in [0.4, 0.5) is 15.8 Å². The Balaban J connectivity index is 2.26. The summed E-state index contributed by atoms with van der Waals surface area (Å²) < 4.78 is 38.6. The normalized spacial score (nSPS) is 11.2. The fraction of sp³-hybridized carbons (Fsp3) is 0.235. The van der Waals surface area contributed by atoms with Crippen LogP contribution in [0.15, 0.2) is 42.5 Å². The van der Waals surface area contributed by atoms with Crippen molar-refractivity contribution in [2.45, 2.75) is 13.8 Å². The van der Waals surface area contributed by atoms with Gasteiger partial charge in [0.05, 0.1) is 11.9 Å². The minimum atomic E-state index is -3.81. The van der Waals surface area contributed by atoms with Crippen LogP contribution in [0.1, 0.15) is 11.1 Å². The van der Waals surface area contributed by atoms with Gasteiger partial charge < -0.3 is 5.32 Å². The molecule has 7 heteroatoms. The molecule has 2 aromatic rings. The van der Waals surface area contributed by atoms with Crippen molar-refractivity contribution in [1.82, 2.24) is 0 Å². The second-order valence-electron chi connectivity index (χ2n) is 5.52. The van der Waals surface area contributed by atoms with Gasteiger partial charge in [0, 0.05) is 5.69 Å². The van der Waals surface area contributed by atoms with Gasteiger partial charge in [-0.05, 0) is 43.2 Å². The number of hydrogen-bond acceptors (Lipinski definition) is 3. The summed E-state index contributed by atoms with van der Waals surface area (Å²) in [5, 5.41) is 2.68. The van der Waals surface area contributed by atoms with E-state index in [1.54, 1.807) is 12.1 Å². The SMILES string of the molecule is Cc1cccc(NC(=O)CN(c2ccccc2F)S(C)(=O)=O)c1C. The monoisotopic (exact) mass is 350 g/mol. The number of aryl methyl sites for hydroxylation is 1. The summed E-state index contributed by atoms with van der Waals surface area (Å²) >= 11 is 0. The van der Waals surface area contributed by atoms with Crippen LogP contribution in [0.25, 0.3) is 0 Å². The van der Waals surface area contributed by atoms with Crippen LogP contribution in [0.2, 0.25) is 0 Å². The van der Waals surface area contributed by atoms with Gasteiger partial charge in [0.25, 0.3) is 0 Å². The highest BCUT2D eigenvalue weighted by atomic mass is 32.2. The molecule has 24 heavy (non-hydrogen) atoms. The largest absolute Gasteiger partial charge is 0.324 e. The zero-order valence-corrected chi connectivity index (χ0v) is 14.5. The smallest absolute Gasteiger partial charge is 0.245 e. The molecule has 0 bridgehead atoms. The molecular formula is C17H19FN2O3S. The average Bonchev–Trinajstić information content (AvgIpc) is 2.49. The number of halogens is 1. The maximum atomic E-state index is 13.9. The van der Waals surface area contributed by atoms with Crippen molar-refractivity contribution in [3.63, 3.8) is 0 Å². The molecule has 0 saturated heterocycles. The average molecular weight is 350 g/mol. The predicted octanol–water partition coefficient (Wildman–Crippen LogP) is 2.85. The van der Waals surface area contributed by atoms with E-state index in [9.17, 15) is 17.6 Å². The first kappa shape index (κ1) is 17.9. The Morgan fingerprint density at radius 1 is 1.12 bits per heavy atom. The molecule has 0 fully saturated rings. The van der Waals surface area contributed by atoms with Crippen molar-refractivity contribution in [3.8, 4) is 0 Å². The van der Waals surface area contributed by atoms with Gasteiger partial charge in [-0.15, -0.1) is 0 Å². The summed E-state index contributed by atoms with van der Waals surface area (Å²) in [6.45, 7) is 3.26. The first-order valence-electron chi connectivity index (χ1n) is 7.28. The third kappa shape index (κ3) is 4.11. The molecule has 1 N–H and O–H groups in total. The van der Waals surface area contributed by atoms with Gasteiger partial charge in [-0.25, -0.2) is 12.8 Å². The first-order valence-corrected chi connectivity index (χ1v) is 9.13. The fourth-order valence-corrected chi connectivity index (χ4v) is 3.10. The van der Waals surface area contributed by atoms with Crippen LogP contribution in [0.3, 0.4) is 0 Å². The highest BCUT2D eigenvalue weighted by Gasteiger charge is 2.23. The molecule has 0 heterocycles. The number of nitrogens with one attached hydrogen (secondary N) is 1. The van der Waals surface area contributed by atoms with E-state index in [1.165, 1.54) is 18.2 Å². The van der Waals surface area contributed by atoms with Gasteiger partial charge >= 0.3 is 0 Å². The number of carbonyl (C=O) groups excluding carboxylic acids is 1. The van der Waals surface area contributed by atoms with Crippen LogP contribution in [-0.4, -0.2) is 27.1 Å². The molecule has 0 atom stereocenters. The third-order valence-corrected chi connectivity index (χ3v) is 4.81. The maximum absolute atomic E-state index is 13.9. The van der Waals surface area contributed by atoms with Crippen molar-refractivity contribution in [3.05, 3.63) is 59.4 Å². The van der Waals surface area contributed by atoms with E-state index in [0.717, 1.165) is 27.8 Å².